The average Bonchev–Trinajstić information content (AvgIpc) is 2.70. The van der Waals surface area contributed by atoms with Crippen molar-refractivity contribution in [3.8, 4) is 11.5 Å². The first-order chi connectivity index (χ1) is 8.56. The highest BCUT2D eigenvalue weighted by Gasteiger charge is 2.09. The van der Waals surface area contributed by atoms with Crippen molar-refractivity contribution in [3.05, 3.63) is 39.8 Å². The molecule has 0 saturated carbocycles. The summed E-state index contributed by atoms with van der Waals surface area (Å²) in [5, 5.41) is 21.3. The third kappa shape index (κ3) is 2.78. The van der Waals surface area contributed by atoms with Crippen LogP contribution in [-0.2, 0) is 6.54 Å². The van der Waals surface area contributed by atoms with Crippen LogP contribution in [0.2, 0.25) is 0 Å². The Hall–Kier alpha value is -2.08. The van der Waals surface area contributed by atoms with E-state index in [1.165, 1.54) is 29.5 Å². The molecule has 0 aliphatic carbocycles. The summed E-state index contributed by atoms with van der Waals surface area (Å²) >= 11 is 1.47. The quantitative estimate of drug-likeness (QED) is 0.789. The van der Waals surface area contributed by atoms with Gasteiger partial charge in [0.2, 0.25) is 0 Å². The van der Waals surface area contributed by atoms with Gasteiger partial charge in [0.05, 0.1) is 17.7 Å². The summed E-state index contributed by atoms with van der Waals surface area (Å²) in [6, 6.07) is 3.77. The van der Waals surface area contributed by atoms with Crippen LogP contribution < -0.4 is 5.32 Å². The van der Waals surface area contributed by atoms with Gasteiger partial charge in [-0.1, -0.05) is 0 Å². The summed E-state index contributed by atoms with van der Waals surface area (Å²) in [5.74, 6) is -0.641. The summed E-state index contributed by atoms with van der Waals surface area (Å²) in [5.41, 5.74) is 2.82. The molecule has 6 heteroatoms. The van der Waals surface area contributed by atoms with Crippen molar-refractivity contribution in [1.82, 2.24) is 10.3 Å². The Morgan fingerprint density at radius 2 is 2.00 bits per heavy atom. The van der Waals surface area contributed by atoms with Crippen molar-refractivity contribution in [2.24, 2.45) is 0 Å². The molecule has 0 spiro atoms. The maximum atomic E-state index is 11.8. The highest BCUT2D eigenvalue weighted by atomic mass is 32.1. The molecule has 0 fully saturated rings. The standard InChI is InChI=1S/C12H12N2O3S/c1-7-11(18-6-14-7)5-13-12(17)8-2-9(15)4-10(16)3-8/h2-4,6,15-16H,5H2,1H3,(H,13,17). The lowest BCUT2D eigenvalue weighted by atomic mass is 10.2. The maximum Gasteiger partial charge on any atom is 0.251 e. The van der Waals surface area contributed by atoms with Crippen molar-refractivity contribution in [2.75, 3.05) is 0 Å². The van der Waals surface area contributed by atoms with E-state index in [9.17, 15) is 15.0 Å². The highest BCUT2D eigenvalue weighted by Crippen LogP contribution is 2.20. The summed E-state index contributed by atoms with van der Waals surface area (Å²) in [6.45, 7) is 2.25. The number of aromatic nitrogens is 1. The largest absolute Gasteiger partial charge is 0.508 e. The molecule has 2 rings (SSSR count). The second-order valence-electron chi connectivity index (χ2n) is 3.78. The van der Waals surface area contributed by atoms with Crippen molar-refractivity contribution >= 4 is 17.2 Å². The van der Waals surface area contributed by atoms with Crippen LogP contribution in [0.25, 0.3) is 0 Å². The Balaban J connectivity index is 2.06. The van der Waals surface area contributed by atoms with Crippen LogP contribution in [0.4, 0.5) is 0 Å². The average molecular weight is 264 g/mol. The normalized spacial score (nSPS) is 10.3. The number of benzene rings is 1. The third-order valence-corrected chi connectivity index (χ3v) is 3.35. The number of nitrogens with one attached hydrogen (secondary N) is 1. The molecule has 1 amide bonds. The zero-order valence-electron chi connectivity index (χ0n) is 9.67. The Kier molecular flexibility index (Phi) is 3.47. The van der Waals surface area contributed by atoms with E-state index in [2.05, 4.69) is 10.3 Å². The second kappa shape index (κ2) is 5.05. The first-order valence-electron chi connectivity index (χ1n) is 5.26. The van der Waals surface area contributed by atoms with E-state index in [1.54, 1.807) is 5.51 Å². The molecule has 3 N–H and O–H groups in total. The zero-order chi connectivity index (χ0) is 13.1. The number of carbonyl (C=O) groups excluding carboxylic acids is 1. The fourth-order valence-corrected chi connectivity index (χ4v) is 2.20. The van der Waals surface area contributed by atoms with E-state index in [0.717, 1.165) is 10.6 Å². The number of amides is 1. The number of aryl methyl sites for hydroxylation is 1. The van der Waals surface area contributed by atoms with Crippen LogP contribution in [0.1, 0.15) is 20.9 Å². The molecule has 1 heterocycles. The van der Waals surface area contributed by atoms with E-state index in [4.69, 9.17) is 0 Å². The fraction of sp³-hybridized carbons (Fsp3) is 0.167. The highest BCUT2D eigenvalue weighted by molar-refractivity contribution is 7.09. The number of thiazole rings is 1. The molecule has 1 aromatic carbocycles. The van der Waals surface area contributed by atoms with Crippen LogP contribution >= 0.6 is 11.3 Å². The predicted octanol–water partition coefficient (Wildman–Crippen LogP) is 1.79. The molecule has 2 aromatic rings. The predicted molar refractivity (Wildman–Crippen MR) is 67.8 cm³/mol. The molecule has 0 saturated heterocycles. The minimum absolute atomic E-state index is 0.144. The molecule has 18 heavy (non-hydrogen) atoms. The number of rotatable bonds is 3. The molecule has 1 aromatic heterocycles. The number of aromatic hydroxyl groups is 2. The maximum absolute atomic E-state index is 11.8. The number of carbonyl (C=O) groups is 1. The van der Waals surface area contributed by atoms with E-state index in [-0.39, 0.29) is 23.0 Å². The Labute approximate surface area is 108 Å². The van der Waals surface area contributed by atoms with Crippen LogP contribution in [0, 0.1) is 6.92 Å². The van der Waals surface area contributed by atoms with E-state index >= 15 is 0 Å². The Bertz CT molecular complexity index is 560. The zero-order valence-corrected chi connectivity index (χ0v) is 10.5. The van der Waals surface area contributed by atoms with Gasteiger partial charge >= 0.3 is 0 Å². The number of hydrogen-bond donors (Lipinski definition) is 3. The third-order valence-electron chi connectivity index (χ3n) is 2.42. The topological polar surface area (TPSA) is 82.5 Å². The lowest BCUT2D eigenvalue weighted by molar-refractivity contribution is 0.0950. The molecule has 0 bridgehead atoms. The first kappa shape index (κ1) is 12.4. The van der Waals surface area contributed by atoms with Gasteiger partial charge in [0, 0.05) is 16.5 Å². The lowest BCUT2D eigenvalue weighted by Crippen LogP contribution is -2.22. The van der Waals surface area contributed by atoms with E-state index in [0.29, 0.717) is 6.54 Å². The van der Waals surface area contributed by atoms with Gasteiger partial charge in [-0.2, -0.15) is 0 Å². The monoisotopic (exact) mass is 264 g/mol. The van der Waals surface area contributed by atoms with Crippen LogP contribution in [-0.4, -0.2) is 21.1 Å². The summed E-state index contributed by atoms with van der Waals surface area (Å²) in [7, 11) is 0. The van der Waals surface area contributed by atoms with Crippen molar-refractivity contribution < 1.29 is 15.0 Å². The van der Waals surface area contributed by atoms with Gasteiger partial charge in [-0.3, -0.25) is 4.79 Å². The molecule has 0 atom stereocenters. The number of hydrogen-bond acceptors (Lipinski definition) is 5. The van der Waals surface area contributed by atoms with Crippen LogP contribution in [0.3, 0.4) is 0 Å². The van der Waals surface area contributed by atoms with Crippen LogP contribution in [0.15, 0.2) is 23.7 Å². The summed E-state index contributed by atoms with van der Waals surface area (Å²) < 4.78 is 0. The number of phenols is 2. The fourth-order valence-electron chi connectivity index (χ4n) is 1.48. The molecular weight excluding hydrogens is 252 g/mol. The van der Waals surface area contributed by atoms with E-state index < -0.39 is 0 Å². The van der Waals surface area contributed by atoms with Gasteiger partial charge in [0.15, 0.2) is 0 Å². The molecule has 0 unspecified atom stereocenters. The summed E-state index contributed by atoms with van der Waals surface area (Å²) in [4.78, 5) is 16.9. The second-order valence-corrected chi connectivity index (χ2v) is 4.72. The van der Waals surface area contributed by atoms with E-state index in [1.807, 2.05) is 6.92 Å². The SMILES string of the molecule is Cc1ncsc1CNC(=O)c1cc(O)cc(O)c1. The Morgan fingerprint density at radius 3 is 2.56 bits per heavy atom. The molecule has 5 nitrogen and oxygen atoms in total. The van der Waals surface area contributed by atoms with Crippen LogP contribution in [0.5, 0.6) is 11.5 Å². The summed E-state index contributed by atoms with van der Waals surface area (Å²) in [6.07, 6.45) is 0. The van der Waals surface area contributed by atoms with Crippen molar-refractivity contribution in [3.63, 3.8) is 0 Å². The minimum atomic E-state index is -0.353. The van der Waals surface area contributed by atoms with Gasteiger partial charge in [-0.25, -0.2) is 4.98 Å². The molecule has 0 aliphatic rings. The van der Waals surface area contributed by atoms with Gasteiger partial charge < -0.3 is 15.5 Å². The molecule has 94 valence electrons. The molecule has 0 radical (unpaired) electrons. The first-order valence-corrected chi connectivity index (χ1v) is 6.14. The molecule has 0 aliphatic heterocycles. The Morgan fingerprint density at radius 1 is 1.33 bits per heavy atom. The van der Waals surface area contributed by atoms with Gasteiger partial charge in [0.25, 0.3) is 5.91 Å². The number of nitrogens with zero attached hydrogens (tertiary/aromatic N) is 1. The van der Waals surface area contributed by atoms with Gasteiger partial charge in [-0.15, -0.1) is 11.3 Å². The van der Waals surface area contributed by atoms with Crippen molar-refractivity contribution in [2.45, 2.75) is 13.5 Å². The van der Waals surface area contributed by atoms with Gasteiger partial charge in [0.1, 0.15) is 11.5 Å². The van der Waals surface area contributed by atoms with Gasteiger partial charge in [-0.05, 0) is 19.1 Å². The van der Waals surface area contributed by atoms with Crippen molar-refractivity contribution in [1.29, 1.82) is 0 Å². The lowest BCUT2D eigenvalue weighted by Gasteiger charge is -2.05. The molecular formula is C12H12N2O3S. The number of phenolic OH excluding ortho intramolecular Hbond substituents is 2. The smallest absolute Gasteiger partial charge is 0.251 e. The minimum Gasteiger partial charge on any atom is -0.508 e.